The zero-order valence-electron chi connectivity index (χ0n) is 58.6. The van der Waals surface area contributed by atoms with Crippen molar-refractivity contribution < 1.29 is 80.2 Å². The van der Waals surface area contributed by atoms with Crippen LogP contribution in [0.15, 0.2) is 0 Å². The van der Waals surface area contributed by atoms with Crippen molar-refractivity contribution in [1.29, 1.82) is 0 Å². The molecule has 0 saturated heterocycles. The van der Waals surface area contributed by atoms with Gasteiger partial charge in [0.2, 0.25) is 0 Å². The molecule has 7 atom stereocenters. The molecule has 534 valence electrons. The number of hydrogen-bond donors (Lipinski definition) is 3. The van der Waals surface area contributed by atoms with Crippen LogP contribution < -0.4 is 0 Å². The lowest BCUT2D eigenvalue weighted by molar-refractivity contribution is -0.161. The van der Waals surface area contributed by atoms with E-state index in [1.807, 2.05) is 0 Å². The molecular weight excluding hydrogens is 1190 g/mol. The van der Waals surface area contributed by atoms with E-state index in [9.17, 15) is 43.2 Å². The van der Waals surface area contributed by atoms with Gasteiger partial charge in [0.05, 0.1) is 26.4 Å². The normalized spacial score (nSPS) is 14.8. The first-order chi connectivity index (χ1) is 43.3. The molecular formula is C71H138O17P2. The van der Waals surface area contributed by atoms with Crippen molar-refractivity contribution in [2.45, 2.75) is 375 Å². The largest absolute Gasteiger partial charge is 0.472 e. The van der Waals surface area contributed by atoms with Gasteiger partial charge in [-0.3, -0.25) is 37.3 Å². The molecule has 4 unspecified atom stereocenters. The second-order valence-electron chi connectivity index (χ2n) is 26.6. The zero-order valence-corrected chi connectivity index (χ0v) is 60.4. The van der Waals surface area contributed by atoms with Gasteiger partial charge in [-0.25, -0.2) is 9.13 Å². The van der Waals surface area contributed by atoms with E-state index >= 15 is 0 Å². The van der Waals surface area contributed by atoms with Gasteiger partial charge in [0, 0.05) is 25.7 Å². The number of unbranched alkanes of at least 4 members (excludes halogenated alkanes) is 35. The number of carbonyl (C=O) groups excluding carboxylic acids is 4. The van der Waals surface area contributed by atoms with Gasteiger partial charge >= 0.3 is 39.5 Å². The second-order valence-corrected chi connectivity index (χ2v) is 29.5. The summed E-state index contributed by atoms with van der Waals surface area (Å²) in [4.78, 5) is 72.6. The molecule has 0 bridgehead atoms. The average Bonchev–Trinajstić information content (AvgIpc) is 3.62. The monoisotopic (exact) mass is 1320 g/mol. The fourth-order valence-corrected chi connectivity index (χ4v) is 12.2. The maximum Gasteiger partial charge on any atom is 0.472 e. The van der Waals surface area contributed by atoms with Crippen LogP contribution in [0.4, 0.5) is 0 Å². The SMILES string of the molecule is CCCCCCCCCCCCCCCCCCC(=O)O[C@H](COC(=O)CCCCCCCCCCC(C)CC)COP(=O)(O)OC[C@@H](O)COP(=O)(O)OC[C@@H](COC(=O)CCCCCCCCCC(C)C)OC(=O)CCCCCCCCCCC(C)CC. The number of aliphatic hydroxyl groups is 1. The van der Waals surface area contributed by atoms with Crippen molar-refractivity contribution in [3.63, 3.8) is 0 Å². The lowest BCUT2D eigenvalue weighted by Gasteiger charge is -2.21. The van der Waals surface area contributed by atoms with E-state index < -0.39 is 97.5 Å². The number of hydrogen-bond acceptors (Lipinski definition) is 15. The van der Waals surface area contributed by atoms with Gasteiger partial charge in [0.15, 0.2) is 12.2 Å². The first kappa shape index (κ1) is 88.1. The Morgan fingerprint density at radius 3 is 0.844 bits per heavy atom. The standard InChI is InChI=1S/C71H138O17P2/c1-8-11-12-13-14-15-16-17-18-19-20-21-22-32-40-47-54-70(75)87-66(58-81-68(73)52-45-38-31-25-23-29-36-43-50-63(6)9-2)60-85-89(77,78)83-56-65(72)57-84-90(79,80)86-61-67(59-82-69(74)53-46-39-34-27-28-35-42-49-62(4)5)88-71(76)55-48-41-33-26-24-30-37-44-51-64(7)10-3/h62-67,72H,8-61H2,1-7H3,(H,77,78)(H,79,80)/t63?,64?,65-,66-,67-/m1/s1. The van der Waals surface area contributed by atoms with Crippen molar-refractivity contribution in [1.82, 2.24) is 0 Å². The maximum absolute atomic E-state index is 13.0. The highest BCUT2D eigenvalue weighted by Crippen LogP contribution is 2.45. The van der Waals surface area contributed by atoms with Crippen molar-refractivity contribution in [3.05, 3.63) is 0 Å². The van der Waals surface area contributed by atoms with Crippen LogP contribution in [0.3, 0.4) is 0 Å². The zero-order chi connectivity index (χ0) is 66.6. The summed E-state index contributed by atoms with van der Waals surface area (Å²) < 4.78 is 68.3. The highest BCUT2D eigenvalue weighted by Gasteiger charge is 2.30. The summed E-state index contributed by atoms with van der Waals surface area (Å²) in [6.07, 6.45) is 45.8. The quantitative estimate of drug-likeness (QED) is 0.0222. The number of phosphoric ester groups is 2. The van der Waals surface area contributed by atoms with Gasteiger partial charge in [0.25, 0.3) is 0 Å². The van der Waals surface area contributed by atoms with Crippen molar-refractivity contribution in [2.24, 2.45) is 17.8 Å². The second kappa shape index (κ2) is 61.9. The van der Waals surface area contributed by atoms with Gasteiger partial charge < -0.3 is 33.8 Å². The summed E-state index contributed by atoms with van der Waals surface area (Å²) in [7, 11) is -9.90. The van der Waals surface area contributed by atoms with Crippen LogP contribution in [0.2, 0.25) is 0 Å². The van der Waals surface area contributed by atoms with Crippen molar-refractivity contribution >= 4 is 39.5 Å². The fourth-order valence-electron chi connectivity index (χ4n) is 10.7. The molecule has 0 aliphatic heterocycles. The molecule has 0 saturated carbocycles. The molecule has 3 N–H and O–H groups in total. The molecule has 0 aromatic carbocycles. The molecule has 0 spiro atoms. The van der Waals surface area contributed by atoms with E-state index in [0.717, 1.165) is 108 Å². The van der Waals surface area contributed by atoms with Gasteiger partial charge in [-0.15, -0.1) is 0 Å². The summed E-state index contributed by atoms with van der Waals surface area (Å²) in [5.41, 5.74) is 0. The van der Waals surface area contributed by atoms with Crippen molar-refractivity contribution in [2.75, 3.05) is 39.6 Å². The molecule has 0 aliphatic carbocycles. The lowest BCUT2D eigenvalue weighted by Crippen LogP contribution is -2.30. The predicted octanol–water partition coefficient (Wildman–Crippen LogP) is 20.2. The third-order valence-corrected chi connectivity index (χ3v) is 19.0. The minimum Gasteiger partial charge on any atom is -0.462 e. The Morgan fingerprint density at radius 2 is 0.567 bits per heavy atom. The molecule has 90 heavy (non-hydrogen) atoms. The highest BCUT2D eigenvalue weighted by molar-refractivity contribution is 7.47. The Labute approximate surface area is 549 Å². The van der Waals surface area contributed by atoms with Crippen LogP contribution >= 0.6 is 15.6 Å². The van der Waals surface area contributed by atoms with Gasteiger partial charge in [-0.1, -0.05) is 305 Å². The van der Waals surface area contributed by atoms with Crippen LogP contribution in [-0.2, 0) is 65.4 Å². The molecule has 17 nitrogen and oxygen atoms in total. The molecule has 0 aliphatic rings. The van der Waals surface area contributed by atoms with Crippen LogP contribution in [0, 0.1) is 17.8 Å². The van der Waals surface area contributed by atoms with Gasteiger partial charge in [-0.2, -0.15) is 0 Å². The molecule has 0 heterocycles. The maximum atomic E-state index is 13.0. The number of rotatable bonds is 69. The number of ether oxygens (including phenoxy) is 4. The minimum absolute atomic E-state index is 0.104. The lowest BCUT2D eigenvalue weighted by atomic mass is 9.99. The Kier molecular flexibility index (Phi) is 60.6. The number of aliphatic hydroxyl groups excluding tert-OH is 1. The van der Waals surface area contributed by atoms with Gasteiger partial charge in [-0.05, 0) is 43.4 Å². The Hall–Kier alpha value is -1.94. The summed E-state index contributed by atoms with van der Waals surface area (Å²) >= 11 is 0. The van der Waals surface area contributed by atoms with Gasteiger partial charge in [0.1, 0.15) is 19.3 Å². The Bertz CT molecular complexity index is 1770. The molecule has 0 amide bonds. The third-order valence-electron chi connectivity index (χ3n) is 17.1. The molecule has 19 heteroatoms. The Balaban J connectivity index is 5.26. The molecule has 0 aromatic heterocycles. The fraction of sp³-hybridized carbons (Fsp3) is 0.944. The molecule has 0 aromatic rings. The van der Waals surface area contributed by atoms with E-state index in [4.69, 9.17) is 37.0 Å². The van der Waals surface area contributed by atoms with E-state index in [1.165, 1.54) is 161 Å². The van der Waals surface area contributed by atoms with Crippen LogP contribution in [-0.4, -0.2) is 96.7 Å². The molecule has 0 rings (SSSR count). The molecule has 0 fully saturated rings. The predicted molar refractivity (Wildman–Crippen MR) is 363 cm³/mol. The number of esters is 4. The van der Waals surface area contributed by atoms with E-state index in [-0.39, 0.29) is 25.7 Å². The van der Waals surface area contributed by atoms with E-state index in [0.29, 0.717) is 31.6 Å². The Morgan fingerprint density at radius 1 is 0.322 bits per heavy atom. The minimum atomic E-state index is -4.95. The van der Waals surface area contributed by atoms with Crippen LogP contribution in [0.25, 0.3) is 0 Å². The van der Waals surface area contributed by atoms with Crippen LogP contribution in [0.5, 0.6) is 0 Å². The number of carbonyl (C=O) groups is 4. The summed E-state index contributed by atoms with van der Waals surface area (Å²) in [6.45, 7) is 11.8. The summed E-state index contributed by atoms with van der Waals surface area (Å²) in [5, 5.41) is 10.6. The summed E-state index contributed by atoms with van der Waals surface area (Å²) in [5.74, 6) is 0.125. The van der Waals surface area contributed by atoms with Crippen molar-refractivity contribution in [3.8, 4) is 0 Å². The third kappa shape index (κ3) is 62.2. The first-order valence-electron chi connectivity index (χ1n) is 36.9. The van der Waals surface area contributed by atoms with Crippen LogP contribution in [0.1, 0.15) is 357 Å². The smallest absolute Gasteiger partial charge is 0.462 e. The average molecular weight is 1330 g/mol. The topological polar surface area (TPSA) is 237 Å². The van der Waals surface area contributed by atoms with E-state index in [1.54, 1.807) is 0 Å². The van der Waals surface area contributed by atoms with E-state index in [2.05, 4.69) is 48.5 Å². The highest BCUT2D eigenvalue weighted by atomic mass is 31.2. The summed E-state index contributed by atoms with van der Waals surface area (Å²) in [6, 6.07) is 0. The number of phosphoric acid groups is 2. The first-order valence-corrected chi connectivity index (χ1v) is 39.9. The molecule has 0 radical (unpaired) electrons.